The van der Waals surface area contributed by atoms with Crippen molar-refractivity contribution in [3.63, 3.8) is 0 Å². The molecule has 0 saturated carbocycles. The van der Waals surface area contributed by atoms with Gasteiger partial charge in [0.05, 0.1) is 26.4 Å². The van der Waals surface area contributed by atoms with E-state index in [2.05, 4.69) is 19.1 Å². The highest BCUT2D eigenvalue weighted by Gasteiger charge is 2.43. The topological polar surface area (TPSA) is 57.2 Å². The predicted molar refractivity (Wildman–Crippen MR) is 133 cm³/mol. The number of methoxy groups -OCH3 is 2. The first-order chi connectivity index (χ1) is 16.2. The largest absolute Gasteiger partial charge is 0.508 e. The minimum Gasteiger partial charge on any atom is -0.508 e. The molecule has 0 radical (unpaired) electrons. The predicted octanol–water partition coefficient (Wildman–Crippen LogP) is 6.41. The van der Waals surface area contributed by atoms with E-state index in [4.69, 9.17) is 18.9 Å². The fourth-order valence-electron chi connectivity index (χ4n) is 4.25. The Kier molecular flexibility index (Phi) is 13.1. The van der Waals surface area contributed by atoms with Crippen molar-refractivity contribution in [2.75, 3.05) is 40.6 Å². The molecule has 0 aromatic heterocycles. The van der Waals surface area contributed by atoms with Gasteiger partial charge in [-0.2, -0.15) is 0 Å². The number of benzene rings is 2. The van der Waals surface area contributed by atoms with Crippen LogP contribution in [0.25, 0.3) is 0 Å². The lowest BCUT2D eigenvalue weighted by molar-refractivity contribution is -0.269. The molecule has 0 amide bonds. The Morgan fingerprint density at radius 1 is 0.727 bits per heavy atom. The van der Waals surface area contributed by atoms with E-state index in [0.717, 1.165) is 24.0 Å². The average molecular weight is 459 g/mol. The Labute approximate surface area is 200 Å². The molecular formula is C28H42O5. The van der Waals surface area contributed by atoms with Gasteiger partial charge in [0.25, 0.3) is 0 Å². The van der Waals surface area contributed by atoms with Crippen molar-refractivity contribution >= 4 is 0 Å². The first-order valence-corrected chi connectivity index (χ1v) is 12.3. The van der Waals surface area contributed by atoms with Crippen molar-refractivity contribution in [3.05, 3.63) is 65.7 Å². The van der Waals surface area contributed by atoms with E-state index in [0.29, 0.717) is 26.4 Å². The van der Waals surface area contributed by atoms with Crippen LogP contribution in [0.1, 0.15) is 68.9 Å². The molecule has 33 heavy (non-hydrogen) atoms. The van der Waals surface area contributed by atoms with Gasteiger partial charge < -0.3 is 24.1 Å². The summed E-state index contributed by atoms with van der Waals surface area (Å²) < 4.78 is 23.8. The second kappa shape index (κ2) is 15.8. The van der Waals surface area contributed by atoms with Crippen LogP contribution in [0.3, 0.4) is 0 Å². The van der Waals surface area contributed by atoms with Crippen LogP contribution < -0.4 is 0 Å². The van der Waals surface area contributed by atoms with Crippen LogP contribution >= 0.6 is 0 Å². The maximum Gasteiger partial charge on any atom is 0.202 e. The molecule has 1 N–H and O–H groups in total. The first-order valence-electron chi connectivity index (χ1n) is 12.3. The maximum absolute atomic E-state index is 9.91. The molecule has 184 valence electrons. The zero-order valence-corrected chi connectivity index (χ0v) is 20.6. The lowest BCUT2D eigenvalue weighted by Crippen LogP contribution is -2.41. The van der Waals surface area contributed by atoms with E-state index in [1.54, 1.807) is 26.4 Å². The third-order valence-electron chi connectivity index (χ3n) is 5.98. The molecule has 0 heterocycles. The maximum atomic E-state index is 9.91. The SMILES string of the molecule is CCCCCCCCC(c1ccc(O)cc1)C(OCCOC)(OCCOC)c1ccccc1. The number of aromatic hydroxyl groups is 1. The first kappa shape index (κ1) is 27.3. The monoisotopic (exact) mass is 458 g/mol. The fraction of sp³-hybridized carbons (Fsp3) is 0.571. The van der Waals surface area contributed by atoms with E-state index in [-0.39, 0.29) is 11.7 Å². The Morgan fingerprint density at radius 3 is 1.88 bits per heavy atom. The summed E-state index contributed by atoms with van der Waals surface area (Å²) in [4.78, 5) is 0. The number of rotatable bonds is 18. The third kappa shape index (κ3) is 8.74. The zero-order valence-electron chi connectivity index (χ0n) is 20.6. The second-order valence-electron chi connectivity index (χ2n) is 8.42. The van der Waals surface area contributed by atoms with Crippen LogP contribution in [0.4, 0.5) is 0 Å². The van der Waals surface area contributed by atoms with Crippen LogP contribution in [0.15, 0.2) is 54.6 Å². The van der Waals surface area contributed by atoms with Crippen LogP contribution in [-0.2, 0) is 24.7 Å². The van der Waals surface area contributed by atoms with E-state index in [1.807, 2.05) is 30.3 Å². The van der Waals surface area contributed by atoms with Gasteiger partial charge in [-0.15, -0.1) is 0 Å². The summed E-state index contributed by atoms with van der Waals surface area (Å²) in [5, 5.41) is 9.91. The molecule has 2 aromatic rings. The van der Waals surface area contributed by atoms with Crippen molar-refractivity contribution in [2.24, 2.45) is 0 Å². The summed E-state index contributed by atoms with van der Waals surface area (Å²) in [6.45, 7) is 4.00. The smallest absolute Gasteiger partial charge is 0.202 e. The minimum absolute atomic E-state index is 0.0552. The minimum atomic E-state index is -0.987. The zero-order chi connectivity index (χ0) is 23.8. The molecule has 2 aromatic carbocycles. The van der Waals surface area contributed by atoms with Crippen LogP contribution in [0.2, 0.25) is 0 Å². The molecule has 5 nitrogen and oxygen atoms in total. The molecule has 0 aliphatic rings. The molecule has 1 atom stereocenters. The van der Waals surface area contributed by atoms with Crippen LogP contribution in [-0.4, -0.2) is 45.8 Å². The lowest BCUT2D eigenvalue weighted by atomic mass is 9.81. The molecular weight excluding hydrogens is 416 g/mol. The highest BCUT2D eigenvalue weighted by atomic mass is 16.7. The number of phenols is 1. The van der Waals surface area contributed by atoms with E-state index < -0.39 is 5.79 Å². The molecule has 0 fully saturated rings. The van der Waals surface area contributed by atoms with E-state index in [1.165, 1.54) is 32.1 Å². The number of ether oxygens (including phenoxy) is 4. The number of phenolic OH excluding ortho intramolecular Hbond substituents is 1. The average Bonchev–Trinajstić information content (AvgIpc) is 2.84. The highest BCUT2D eigenvalue weighted by Crippen LogP contribution is 2.45. The summed E-state index contributed by atoms with van der Waals surface area (Å²) in [5.74, 6) is -0.790. The van der Waals surface area contributed by atoms with Gasteiger partial charge >= 0.3 is 0 Å². The van der Waals surface area contributed by atoms with Crippen molar-refractivity contribution in [1.29, 1.82) is 0 Å². The summed E-state index contributed by atoms with van der Waals surface area (Å²) >= 11 is 0. The molecule has 0 saturated heterocycles. The van der Waals surface area contributed by atoms with Crippen molar-refractivity contribution in [2.45, 2.75) is 63.6 Å². The molecule has 0 aliphatic heterocycles. The molecule has 5 heteroatoms. The Bertz CT molecular complexity index is 722. The summed E-state index contributed by atoms with van der Waals surface area (Å²) in [6.07, 6.45) is 8.21. The number of hydrogen-bond donors (Lipinski definition) is 1. The number of hydrogen-bond acceptors (Lipinski definition) is 5. The van der Waals surface area contributed by atoms with Crippen LogP contribution in [0, 0.1) is 0 Å². The number of unbranched alkanes of at least 4 members (excludes halogenated alkanes) is 5. The fourth-order valence-corrected chi connectivity index (χ4v) is 4.25. The van der Waals surface area contributed by atoms with Gasteiger partial charge in [-0.3, -0.25) is 0 Å². The Morgan fingerprint density at radius 2 is 1.30 bits per heavy atom. The van der Waals surface area contributed by atoms with Gasteiger partial charge in [0.15, 0.2) is 0 Å². The van der Waals surface area contributed by atoms with Gasteiger partial charge in [0, 0.05) is 25.7 Å². The van der Waals surface area contributed by atoms with Crippen molar-refractivity contribution in [1.82, 2.24) is 0 Å². The molecule has 0 spiro atoms. The van der Waals surface area contributed by atoms with Gasteiger partial charge in [0.1, 0.15) is 5.75 Å². The van der Waals surface area contributed by atoms with Gasteiger partial charge in [0.2, 0.25) is 5.79 Å². The molecule has 2 rings (SSSR count). The van der Waals surface area contributed by atoms with Crippen molar-refractivity contribution in [3.8, 4) is 5.75 Å². The van der Waals surface area contributed by atoms with Crippen LogP contribution in [0.5, 0.6) is 5.75 Å². The third-order valence-corrected chi connectivity index (χ3v) is 5.98. The Hall–Kier alpha value is -1.92. The molecule has 0 aliphatic carbocycles. The van der Waals surface area contributed by atoms with E-state index >= 15 is 0 Å². The molecule has 0 bridgehead atoms. The van der Waals surface area contributed by atoms with Gasteiger partial charge in [-0.25, -0.2) is 0 Å². The van der Waals surface area contributed by atoms with E-state index in [9.17, 15) is 5.11 Å². The standard InChI is InChI=1S/C28H42O5/c1-4-5-6-7-8-12-15-27(24-16-18-26(29)19-17-24)28(32-22-20-30-2,33-23-21-31-3)25-13-10-9-11-14-25/h9-11,13-14,16-19,27,29H,4-8,12,15,20-23H2,1-3H3. The summed E-state index contributed by atoms with van der Waals surface area (Å²) in [6, 6.07) is 17.6. The quantitative estimate of drug-likeness (QED) is 0.207. The second-order valence-corrected chi connectivity index (χ2v) is 8.42. The molecule has 1 unspecified atom stereocenters. The summed E-state index contributed by atoms with van der Waals surface area (Å²) in [7, 11) is 3.35. The van der Waals surface area contributed by atoms with Gasteiger partial charge in [-0.1, -0.05) is 87.9 Å². The van der Waals surface area contributed by atoms with Gasteiger partial charge in [-0.05, 0) is 24.1 Å². The summed E-state index contributed by atoms with van der Waals surface area (Å²) in [5.41, 5.74) is 2.06. The lowest BCUT2D eigenvalue weighted by Gasteiger charge is -2.41. The Balaban J connectivity index is 2.42. The highest BCUT2D eigenvalue weighted by molar-refractivity contribution is 5.33. The van der Waals surface area contributed by atoms with Crippen molar-refractivity contribution < 1.29 is 24.1 Å². The normalized spacial score (nSPS) is 12.7.